The van der Waals surface area contributed by atoms with Gasteiger partial charge in [-0.2, -0.15) is 0 Å². The molecule has 0 aliphatic heterocycles. The van der Waals surface area contributed by atoms with Gasteiger partial charge in [-0.15, -0.1) is 0 Å². The van der Waals surface area contributed by atoms with Crippen molar-refractivity contribution in [3.63, 3.8) is 0 Å². The van der Waals surface area contributed by atoms with Crippen LogP contribution in [0.5, 0.6) is 5.75 Å². The van der Waals surface area contributed by atoms with Gasteiger partial charge in [-0.05, 0) is 35.4 Å². The maximum Gasteiger partial charge on any atom is 0.205 e. The van der Waals surface area contributed by atoms with E-state index in [1.54, 1.807) is 43.5 Å². The monoisotopic (exact) mass is 447 g/mol. The second kappa shape index (κ2) is 11.6. The quantitative estimate of drug-likeness (QED) is 0.323. The van der Waals surface area contributed by atoms with Crippen LogP contribution < -0.4 is 15.8 Å². The first-order chi connectivity index (χ1) is 16.0. The third-order valence-electron chi connectivity index (χ3n) is 4.94. The molecule has 7 heteroatoms. The summed E-state index contributed by atoms with van der Waals surface area (Å²) in [5.41, 5.74) is 8.72. The fourth-order valence-electron chi connectivity index (χ4n) is 3.25. The lowest BCUT2D eigenvalue weighted by Gasteiger charge is -2.21. The number of nitrogens with one attached hydrogen (secondary N) is 1. The number of halogens is 1. The summed E-state index contributed by atoms with van der Waals surface area (Å²) in [6.45, 7) is 0.0588. The van der Waals surface area contributed by atoms with Gasteiger partial charge < -0.3 is 20.9 Å². The minimum Gasteiger partial charge on any atom is -0.497 e. The van der Waals surface area contributed by atoms with E-state index >= 15 is 0 Å². The average molecular weight is 448 g/mol. The molecule has 4 N–H and O–H groups in total. The fourth-order valence-corrected chi connectivity index (χ4v) is 3.25. The number of methoxy groups -OCH3 is 1. The van der Waals surface area contributed by atoms with Crippen LogP contribution in [0.25, 0.3) is 5.57 Å². The highest BCUT2D eigenvalue weighted by molar-refractivity contribution is 6.20. The van der Waals surface area contributed by atoms with E-state index in [-0.39, 0.29) is 18.8 Å². The number of rotatable bonds is 10. The number of carbonyl (C=O) groups excluding carboxylic acids is 1. The Morgan fingerprint density at radius 2 is 1.85 bits per heavy atom. The Kier molecular flexibility index (Phi) is 8.32. The number of ether oxygens (including phenoxy) is 1. The van der Waals surface area contributed by atoms with E-state index in [4.69, 9.17) is 15.6 Å². The lowest BCUT2D eigenvalue weighted by molar-refractivity contribution is -0.116. The summed E-state index contributed by atoms with van der Waals surface area (Å²) in [5.74, 6) is -0.190. The summed E-state index contributed by atoms with van der Waals surface area (Å²) in [7, 11) is 1.56. The standard InChI is InChI=1S/C26H26FN3O3/c1-33-22-9-5-8-21(16-22)30-25(19-10-12-20(27)13-11-19)26(32)24(28)23(17-29-14-15-31)18-6-3-2-4-7-18/h2-13,16-17,25,30-31H,14-15,28H2,1H3. The summed E-state index contributed by atoms with van der Waals surface area (Å²) in [6, 6.07) is 21.1. The topological polar surface area (TPSA) is 96.9 Å². The van der Waals surface area contributed by atoms with Crippen LogP contribution in [-0.2, 0) is 4.79 Å². The van der Waals surface area contributed by atoms with Gasteiger partial charge in [0.15, 0.2) is 0 Å². The molecule has 0 fully saturated rings. The van der Waals surface area contributed by atoms with Crippen LogP contribution in [-0.4, -0.2) is 37.4 Å². The third-order valence-corrected chi connectivity index (χ3v) is 4.94. The largest absolute Gasteiger partial charge is 0.497 e. The molecular formula is C26H26FN3O3. The fraction of sp³-hybridized carbons (Fsp3) is 0.154. The average Bonchev–Trinajstić information content (AvgIpc) is 2.86. The molecule has 3 rings (SSSR count). The van der Waals surface area contributed by atoms with E-state index in [0.717, 1.165) is 0 Å². The Hall–Kier alpha value is -3.97. The number of hydrogen-bond donors (Lipinski definition) is 3. The highest BCUT2D eigenvalue weighted by atomic mass is 19.1. The Balaban J connectivity index is 2.06. The van der Waals surface area contributed by atoms with Crippen molar-refractivity contribution in [2.24, 2.45) is 10.7 Å². The Morgan fingerprint density at radius 3 is 2.52 bits per heavy atom. The van der Waals surface area contributed by atoms with Crippen LogP contribution in [0.15, 0.2) is 89.6 Å². The molecule has 0 saturated carbocycles. The SMILES string of the molecule is COc1cccc(NC(C(=O)C(N)=C(C=NCCO)c2ccccc2)c2ccc(F)cc2)c1. The van der Waals surface area contributed by atoms with Crippen molar-refractivity contribution in [2.75, 3.05) is 25.6 Å². The van der Waals surface area contributed by atoms with E-state index in [1.807, 2.05) is 30.3 Å². The predicted molar refractivity (Wildman–Crippen MR) is 129 cm³/mol. The molecule has 0 amide bonds. The van der Waals surface area contributed by atoms with Crippen LogP contribution in [0.4, 0.5) is 10.1 Å². The Labute approximate surface area is 192 Å². The van der Waals surface area contributed by atoms with Crippen molar-refractivity contribution in [1.29, 1.82) is 0 Å². The summed E-state index contributed by atoms with van der Waals surface area (Å²) in [4.78, 5) is 17.8. The summed E-state index contributed by atoms with van der Waals surface area (Å²) < 4.78 is 18.8. The predicted octanol–water partition coefficient (Wildman–Crippen LogP) is 3.99. The Bertz CT molecular complexity index is 1130. The molecule has 1 atom stereocenters. The van der Waals surface area contributed by atoms with Crippen LogP contribution in [0, 0.1) is 5.82 Å². The lowest BCUT2D eigenvalue weighted by atomic mass is 9.95. The summed E-state index contributed by atoms with van der Waals surface area (Å²) in [5, 5.41) is 12.3. The molecule has 0 radical (unpaired) electrons. The molecular weight excluding hydrogens is 421 g/mol. The molecule has 33 heavy (non-hydrogen) atoms. The van der Waals surface area contributed by atoms with Crippen molar-refractivity contribution in [1.82, 2.24) is 0 Å². The van der Waals surface area contributed by atoms with Crippen molar-refractivity contribution in [3.05, 3.63) is 102 Å². The first kappa shape index (κ1) is 23.7. The molecule has 0 aliphatic rings. The molecule has 0 spiro atoms. The van der Waals surface area contributed by atoms with Crippen LogP contribution in [0.1, 0.15) is 17.2 Å². The maximum atomic E-state index is 13.7. The summed E-state index contributed by atoms with van der Waals surface area (Å²) in [6.07, 6.45) is 1.49. The molecule has 0 aliphatic carbocycles. The van der Waals surface area contributed by atoms with Crippen molar-refractivity contribution in [3.8, 4) is 5.75 Å². The van der Waals surface area contributed by atoms with Gasteiger partial charge >= 0.3 is 0 Å². The number of Topliss-reactive ketones (excluding diaryl/α,β-unsaturated/α-hetero) is 1. The molecule has 3 aromatic carbocycles. The molecule has 0 bridgehead atoms. The van der Waals surface area contributed by atoms with E-state index in [0.29, 0.717) is 28.1 Å². The van der Waals surface area contributed by atoms with E-state index in [2.05, 4.69) is 10.3 Å². The number of aliphatic imine (C=N–C) groups is 1. The van der Waals surface area contributed by atoms with Gasteiger partial charge in [-0.1, -0.05) is 48.5 Å². The van der Waals surface area contributed by atoms with Gasteiger partial charge in [0.25, 0.3) is 0 Å². The number of allylic oxidation sites excluding steroid dienone is 1. The zero-order valence-electron chi connectivity index (χ0n) is 18.2. The van der Waals surface area contributed by atoms with Gasteiger partial charge in [-0.25, -0.2) is 4.39 Å². The van der Waals surface area contributed by atoms with Crippen LogP contribution in [0.2, 0.25) is 0 Å². The Morgan fingerprint density at radius 1 is 1.12 bits per heavy atom. The molecule has 0 heterocycles. The van der Waals surface area contributed by atoms with E-state index in [9.17, 15) is 9.18 Å². The molecule has 3 aromatic rings. The normalized spacial score (nSPS) is 12.8. The number of aliphatic hydroxyl groups is 1. The van der Waals surface area contributed by atoms with Gasteiger partial charge in [0.2, 0.25) is 5.78 Å². The number of nitrogens with zero attached hydrogens (tertiary/aromatic N) is 1. The number of anilines is 1. The van der Waals surface area contributed by atoms with Crippen molar-refractivity contribution >= 4 is 23.3 Å². The molecule has 170 valence electrons. The number of benzene rings is 3. The van der Waals surface area contributed by atoms with Gasteiger partial charge in [-0.3, -0.25) is 9.79 Å². The zero-order valence-corrected chi connectivity index (χ0v) is 18.2. The third kappa shape index (κ3) is 6.27. The number of hydrogen-bond acceptors (Lipinski definition) is 6. The maximum absolute atomic E-state index is 13.7. The molecule has 6 nitrogen and oxygen atoms in total. The second-order valence-electron chi connectivity index (χ2n) is 7.18. The molecule has 0 saturated heterocycles. The van der Waals surface area contributed by atoms with Crippen molar-refractivity contribution < 1.29 is 19.0 Å². The van der Waals surface area contributed by atoms with Crippen LogP contribution in [0.3, 0.4) is 0 Å². The lowest BCUT2D eigenvalue weighted by Crippen LogP contribution is -2.27. The second-order valence-corrected chi connectivity index (χ2v) is 7.18. The molecule has 0 aromatic heterocycles. The number of nitrogens with two attached hydrogens (primary N) is 1. The first-order valence-corrected chi connectivity index (χ1v) is 10.4. The van der Waals surface area contributed by atoms with E-state index in [1.165, 1.54) is 18.3 Å². The number of carbonyl (C=O) groups is 1. The minimum absolute atomic E-state index is 0.00684. The smallest absolute Gasteiger partial charge is 0.205 e. The summed E-state index contributed by atoms with van der Waals surface area (Å²) >= 11 is 0. The highest BCUT2D eigenvalue weighted by Crippen LogP contribution is 2.27. The zero-order chi connectivity index (χ0) is 23.6. The van der Waals surface area contributed by atoms with E-state index < -0.39 is 17.6 Å². The van der Waals surface area contributed by atoms with Crippen LogP contribution >= 0.6 is 0 Å². The number of ketones is 1. The van der Waals surface area contributed by atoms with Gasteiger partial charge in [0.1, 0.15) is 17.6 Å². The first-order valence-electron chi connectivity index (χ1n) is 10.4. The van der Waals surface area contributed by atoms with Crippen molar-refractivity contribution in [2.45, 2.75) is 6.04 Å². The number of aliphatic hydroxyl groups excluding tert-OH is 1. The van der Waals surface area contributed by atoms with Gasteiger partial charge in [0, 0.05) is 23.5 Å². The minimum atomic E-state index is -0.886. The molecule has 1 unspecified atom stereocenters. The van der Waals surface area contributed by atoms with Gasteiger partial charge in [0.05, 0.1) is 26.0 Å². The highest BCUT2D eigenvalue weighted by Gasteiger charge is 2.25.